The zero-order valence-electron chi connectivity index (χ0n) is 11.6. The second kappa shape index (κ2) is 9.23. The first-order valence-electron chi connectivity index (χ1n) is 6.54. The summed E-state index contributed by atoms with van der Waals surface area (Å²) >= 11 is 1.76. The third-order valence-corrected chi connectivity index (χ3v) is 3.94. The van der Waals surface area contributed by atoms with Gasteiger partial charge in [-0.3, -0.25) is 10.1 Å². The first-order valence-corrected chi connectivity index (χ1v) is 7.69. The first-order chi connectivity index (χ1) is 9.29. The molecule has 112 valence electrons. The number of benzene rings is 1. The van der Waals surface area contributed by atoms with Crippen molar-refractivity contribution in [1.82, 2.24) is 10.6 Å². The number of rotatable bonds is 6. The van der Waals surface area contributed by atoms with E-state index in [4.69, 9.17) is 4.74 Å². The largest absolute Gasteiger partial charge is 0.377 e. The van der Waals surface area contributed by atoms with Crippen LogP contribution in [0.15, 0.2) is 24.3 Å². The standard InChI is InChI=1S/C14H20N2O2S.ClH/c1-2-18-8-12-5-3-11(4-6-12)7-15-14(17)13-9-19-10-16-13;/h3-6,13,16H,2,7-10H2,1H3,(H,15,17);1H. The molecule has 1 unspecified atom stereocenters. The molecule has 1 amide bonds. The molecular weight excluding hydrogens is 296 g/mol. The Bertz CT molecular complexity index is 408. The summed E-state index contributed by atoms with van der Waals surface area (Å²) in [5, 5.41) is 6.12. The van der Waals surface area contributed by atoms with Crippen molar-refractivity contribution in [3.63, 3.8) is 0 Å². The van der Waals surface area contributed by atoms with Crippen molar-refractivity contribution in [1.29, 1.82) is 0 Å². The van der Waals surface area contributed by atoms with E-state index in [2.05, 4.69) is 10.6 Å². The van der Waals surface area contributed by atoms with E-state index in [1.54, 1.807) is 11.8 Å². The lowest BCUT2D eigenvalue weighted by Gasteiger charge is -2.10. The molecule has 2 N–H and O–H groups in total. The Kier molecular flexibility index (Phi) is 7.99. The fourth-order valence-electron chi connectivity index (χ4n) is 1.85. The second-order valence-corrected chi connectivity index (χ2v) is 5.47. The highest BCUT2D eigenvalue weighted by Gasteiger charge is 2.21. The number of hydrogen-bond acceptors (Lipinski definition) is 4. The third-order valence-electron chi connectivity index (χ3n) is 3.00. The summed E-state index contributed by atoms with van der Waals surface area (Å²) in [6.45, 7) is 3.94. The lowest BCUT2D eigenvalue weighted by Crippen LogP contribution is -2.41. The second-order valence-electron chi connectivity index (χ2n) is 4.44. The Morgan fingerprint density at radius 1 is 1.40 bits per heavy atom. The van der Waals surface area contributed by atoms with Crippen LogP contribution in [0.2, 0.25) is 0 Å². The summed E-state index contributed by atoms with van der Waals surface area (Å²) in [6, 6.07) is 8.11. The van der Waals surface area contributed by atoms with Gasteiger partial charge in [0.1, 0.15) is 0 Å². The van der Waals surface area contributed by atoms with Crippen LogP contribution in [0.3, 0.4) is 0 Å². The van der Waals surface area contributed by atoms with Gasteiger partial charge in [0.25, 0.3) is 0 Å². The summed E-state index contributed by atoms with van der Waals surface area (Å²) in [5.74, 6) is 1.81. The highest BCUT2D eigenvalue weighted by atomic mass is 35.5. The molecule has 6 heteroatoms. The molecule has 4 nitrogen and oxygen atoms in total. The third kappa shape index (κ3) is 5.32. The Morgan fingerprint density at radius 2 is 2.10 bits per heavy atom. The van der Waals surface area contributed by atoms with Crippen LogP contribution in [0.5, 0.6) is 0 Å². The maximum Gasteiger partial charge on any atom is 0.238 e. The molecule has 1 fully saturated rings. The average Bonchev–Trinajstić information content (AvgIpc) is 2.98. The quantitative estimate of drug-likeness (QED) is 0.842. The van der Waals surface area contributed by atoms with Gasteiger partial charge in [0.2, 0.25) is 5.91 Å². The van der Waals surface area contributed by atoms with Crippen molar-refractivity contribution in [2.24, 2.45) is 0 Å². The lowest BCUT2D eigenvalue weighted by molar-refractivity contribution is -0.122. The molecule has 1 atom stereocenters. The highest BCUT2D eigenvalue weighted by Crippen LogP contribution is 2.10. The fourth-order valence-corrected chi connectivity index (χ4v) is 2.79. The molecule has 1 aromatic carbocycles. The normalized spacial score (nSPS) is 17.6. The van der Waals surface area contributed by atoms with E-state index >= 15 is 0 Å². The van der Waals surface area contributed by atoms with Gasteiger partial charge in [0.05, 0.1) is 12.6 Å². The van der Waals surface area contributed by atoms with E-state index in [1.165, 1.54) is 0 Å². The zero-order valence-corrected chi connectivity index (χ0v) is 13.2. The molecule has 0 saturated carbocycles. The summed E-state index contributed by atoms with van der Waals surface area (Å²) < 4.78 is 5.34. The predicted octanol–water partition coefficient (Wildman–Crippen LogP) is 1.92. The van der Waals surface area contributed by atoms with Gasteiger partial charge < -0.3 is 10.1 Å². The molecule has 2 rings (SSSR count). The van der Waals surface area contributed by atoms with Crippen LogP contribution in [0.4, 0.5) is 0 Å². The Balaban J connectivity index is 0.00000200. The van der Waals surface area contributed by atoms with Gasteiger partial charge in [0, 0.05) is 24.8 Å². The molecule has 0 aromatic heterocycles. The van der Waals surface area contributed by atoms with Gasteiger partial charge in [0.15, 0.2) is 0 Å². The minimum Gasteiger partial charge on any atom is -0.377 e. The molecule has 1 saturated heterocycles. The van der Waals surface area contributed by atoms with Crippen LogP contribution in [-0.4, -0.2) is 30.2 Å². The minimum absolute atomic E-state index is 0. The van der Waals surface area contributed by atoms with Gasteiger partial charge in [-0.15, -0.1) is 24.2 Å². The molecule has 0 bridgehead atoms. The first kappa shape index (κ1) is 17.3. The molecule has 0 radical (unpaired) electrons. The minimum atomic E-state index is -0.0396. The smallest absolute Gasteiger partial charge is 0.238 e. The van der Waals surface area contributed by atoms with Crippen LogP contribution < -0.4 is 10.6 Å². The maximum atomic E-state index is 11.8. The van der Waals surface area contributed by atoms with E-state index in [-0.39, 0.29) is 24.4 Å². The number of ether oxygens (including phenoxy) is 1. The topological polar surface area (TPSA) is 50.4 Å². The molecule has 1 heterocycles. The molecule has 20 heavy (non-hydrogen) atoms. The lowest BCUT2D eigenvalue weighted by atomic mass is 10.1. The van der Waals surface area contributed by atoms with E-state index in [0.717, 1.165) is 29.4 Å². The van der Waals surface area contributed by atoms with Crippen LogP contribution in [-0.2, 0) is 22.7 Å². The van der Waals surface area contributed by atoms with E-state index in [9.17, 15) is 4.79 Å². The van der Waals surface area contributed by atoms with Crippen molar-refractivity contribution < 1.29 is 9.53 Å². The Morgan fingerprint density at radius 3 is 2.70 bits per heavy atom. The maximum absolute atomic E-state index is 11.8. The van der Waals surface area contributed by atoms with E-state index in [0.29, 0.717) is 13.2 Å². The molecule has 1 aliphatic rings. The average molecular weight is 317 g/mol. The zero-order chi connectivity index (χ0) is 13.5. The SMILES string of the molecule is CCOCc1ccc(CNC(=O)C2CSCN2)cc1.Cl. The number of halogens is 1. The monoisotopic (exact) mass is 316 g/mol. The Hall–Kier alpha value is -0.750. The number of carbonyl (C=O) groups is 1. The van der Waals surface area contributed by atoms with E-state index < -0.39 is 0 Å². The van der Waals surface area contributed by atoms with Gasteiger partial charge in [-0.05, 0) is 18.1 Å². The molecular formula is C14H21ClN2O2S. The Labute approximate surface area is 130 Å². The van der Waals surface area contributed by atoms with Gasteiger partial charge in [-0.1, -0.05) is 24.3 Å². The molecule has 0 spiro atoms. The number of amides is 1. The molecule has 0 aliphatic carbocycles. The van der Waals surface area contributed by atoms with Crippen molar-refractivity contribution >= 4 is 30.1 Å². The van der Waals surface area contributed by atoms with Crippen LogP contribution in [0.25, 0.3) is 0 Å². The van der Waals surface area contributed by atoms with Crippen molar-refractivity contribution in [3.05, 3.63) is 35.4 Å². The summed E-state index contributed by atoms with van der Waals surface area (Å²) in [4.78, 5) is 11.8. The fraction of sp³-hybridized carbons (Fsp3) is 0.500. The summed E-state index contributed by atoms with van der Waals surface area (Å²) in [5.41, 5.74) is 2.27. The van der Waals surface area contributed by atoms with Crippen molar-refractivity contribution in [3.8, 4) is 0 Å². The number of hydrogen-bond donors (Lipinski definition) is 2. The summed E-state index contributed by atoms with van der Waals surface area (Å²) in [7, 11) is 0. The van der Waals surface area contributed by atoms with Crippen LogP contribution in [0, 0.1) is 0 Å². The summed E-state index contributed by atoms with van der Waals surface area (Å²) in [6.07, 6.45) is 0. The number of carbonyl (C=O) groups excluding carboxylic acids is 1. The van der Waals surface area contributed by atoms with Gasteiger partial charge >= 0.3 is 0 Å². The van der Waals surface area contributed by atoms with Crippen molar-refractivity contribution in [2.75, 3.05) is 18.2 Å². The van der Waals surface area contributed by atoms with Crippen LogP contribution in [0.1, 0.15) is 18.1 Å². The number of nitrogens with one attached hydrogen (secondary N) is 2. The highest BCUT2D eigenvalue weighted by molar-refractivity contribution is 7.99. The van der Waals surface area contributed by atoms with Crippen molar-refractivity contribution in [2.45, 2.75) is 26.1 Å². The van der Waals surface area contributed by atoms with Crippen LogP contribution >= 0.6 is 24.2 Å². The molecule has 1 aliphatic heterocycles. The predicted molar refractivity (Wildman–Crippen MR) is 85.1 cm³/mol. The number of thioether (sulfide) groups is 1. The molecule has 1 aromatic rings. The van der Waals surface area contributed by atoms with E-state index in [1.807, 2.05) is 31.2 Å². The van der Waals surface area contributed by atoms with Gasteiger partial charge in [-0.25, -0.2) is 0 Å². The van der Waals surface area contributed by atoms with Gasteiger partial charge in [-0.2, -0.15) is 0 Å².